The van der Waals surface area contributed by atoms with Gasteiger partial charge in [0, 0.05) is 18.8 Å². The first-order chi connectivity index (χ1) is 12.4. The van der Waals surface area contributed by atoms with Crippen molar-refractivity contribution in [3.05, 3.63) is 47.9 Å². The molecule has 2 aromatic rings. The molecule has 6 nitrogen and oxygen atoms in total. The maximum atomic E-state index is 12.9. The van der Waals surface area contributed by atoms with Crippen molar-refractivity contribution in [3.63, 3.8) is 0 Å². The molecule has 1 N–H and O–H groups in total. The summed E-state index contributed by atoms with van der Waals surface area (Å²) in [5.41, 5.74) is 0.419. The number of hydrogen-bond acceptors (Lipinski definition) is 4. The fourth-order valence-electron chi connectivity index (χ4n) is 3.29. The Morgan fingerprint density at radius 3 is 2.54 bits per heavy atom. The Hall–Kier alpha value is -2.12. The van der Waals surface area contributed by atoms with E-state index < -0.39 is 15.9 Å². The number of amides is 1. The highest BCUT2D eigenvalue weighted by Gasteiger charge is 2.29. The molecule has 140 valence electrons. The van der Waals surface area contributed by atoms with Gasteiger partial charge >= 0.3 is 0 Å². The van der Waals surface area contributed by atoms with Gasteiger partial charge in [0.2, 0.25) is 10.0 Å². The summed E-state index contributed by atoms with van der Waals surface area (Å²) in [6.45, 7) is 1.76. The van der Waals surface area contributed by atoms with Crippen molar-refractivity contribution < 1.29 is 17.6 Å². The predicted molar refractivity (Wildman–Crippen MR) is 99.7 cm³/mol. The van der Waals surface area contributed by atoms with E-state index in [1.807, 2.05) is 0 Å². The third-order valence-corrected chi connectivity index (χ3v) is 6.73. The molecule has 0 bridgehead atoms. The number of nitrogens with one attached hydrogen (secondary N) is 1. The minimum Gasteiger partial charge on any atom is -0.456 e. The van der Waals surface area contributed by atoms with E-state index >= 15 is 0 Å². The molecule has 1 aliphatic rings. The van der Waals surface area contributed by atoms with Crippen LogP contribution in [-0.4, -0.2) is 31.7 Å². The lowest BCUT2D eigenvalue weighted by Crippen LogP contribution is -2.38. The van der Waals surface area contributed by atoms with Gasteiger partial charge in [0.05, 0.1) is 4.90 Å². The van der Waals surface area contributed by atoms with E-state index in [4.69, 9.17) is 4.42 Å². The number of aryl methyl sites for hydroxylation is 1. The fraction of sp³-hybridized carbons (Fsp3) is 0.421. The van der Waals surface area contributed by atoms with Gasteiger partial charge in [-0.05, 0) is 50.1 Å². The second-order valence-corrected chi connectivity index (χ2v) is 8.70. The van der Waals surface area contributed by atoms with Crippen LogP contribution >= 0.6 is 0 Å². The van der Waals surface area contributed by atoms with Crippen LogP contribution in [0.15, 0.2) is 45.7 Å². The van der Waals surface area contributed by atoms with Crippen LogP contribution in [0.4, 0.5) is 5.69 Å². The molecule has 0 spiro atoms. The van der Waals surface area contributed by atoms with Gasteiger partial charge in [-0.3, -0.25) is 4.79 Å². The molecule has 1 fully saturated rings. The topological polar surface area (TPSA) is 79.6 Å². The van der Waals surface area contributed by atoms with Crippen molar-refractivity contribution in [3.8, 4) is 0 Å². The zero-order valence-corrected chi connectivity index (χ0v) is 15.9. The maximum absolute atomic E-state index is 12.9. The van der Waals surface area contributed by atoms with E-state index in [-0.39, 0.29) is 16.7 Å². The molecule has 0 radical (unpaired) electrons. The van der Waals surface area contributed by atoms with Crippen LogP contribution in [0.25, 0.3) is 0 Å². The molecule has 1 aliphatic carbocycles. The molecule has 0 unspecified atom stereocenters. The molecule has 7 heteroatoms. The monoisotopic (exact) mass is 376 g/mol. The average Bonchev–Trinajstić information content (AvgIpc) is 3.08. The molecule has 1 heterocycles. The summed E-state index contributed by atoms with van der Waals surface area (Å²) in [7, 11) is -1.96. The summed E-state index contributed by atoms with van der Waals surface area (Å²) in [4.78, 5) is 12.4. The van der Waals surface area contributed by atoms with Crippen molar-refractivity contribution in [2.45, 2.75) is 50.0 Å². The van der Waals surface area contributed by atoms with Gasteiger partial charge in [-0.1, -0.05) is 25.3 Å². The van der Waals surface area contributed by atoms with Gasteiger partial charge in [0.15, 0.2) is 5.76 Å². The van der Waals surface area contributed by atoms with E-state index in [2.05, 4.69) is 5.32 Å². The smallest absolute Gasteiger partial charge is 0.291 e. The van der Waals surface area contributed by atoms with Crippen molar-refractivity contribution in [1.82, 2.24) is 4.31 Å². The van der Waals surface area contributed by atoms with Crippen LogP contribution in [0.5, 0.6) is 0 Å². The summed E-state index contributed by atoms with van der Waals surface area (Å²) >= 11 is 0. The number of anilines is 1. The zero-order chi connectivity index (χ0) is 18.7. The molecule has 0 aliphatic heterocycles. The third kappa shape index (κ3) is 3.99. The van der Waals surface area contributed by atoms with Crippen molar-refractivity contribution in [2.24, 2.45) is 0 Å². The van der Waals surface area contributed by atoms with Crippen LogP contribution < -0.4 is 5.32 Å². The Bertz CT molecular complexity index is 882. The maximum Gasteiger partial charge on any atom is 0.291 e. The van der Waals surface area contributed by atoms with Crippen LogP contribution in [0, 0.1) is 6.92 Å². The summed E-state index contributed by atoms with van der Waals surface area (Å²) in [5.74, 6) is 0.420. The normalized spacial score (nSPS) is 16.0. The standard InChI is InChI=1S/C19H24N2O4S/c1-14-11-12-18(25-14)19(22)20-15-7-6-10-17(13-15)26(23,24)21(2)16-8-4-3-5-9-16/h6-7,10-13,16H,3-5,8-9H2,1-2H3,(H,20,22). The van der Waals surface area contributed by atoms with E-state index in [9.17, 15) is 13.2 Å². The summed E-state index contributed by atoms with van der Waals surface area (Å²) < 4.78 is 32.6. The summed E-state index contributed by atoms with van der Waals surface area (Å²) in [5, 5.41) is 2.69. The molecule has 1 amide bonds. The number of furan rings is 1. The van der Waals surface area contributed by atoms with Crippen LogP contribution in [0.2, 0.25) is 0 Å². The SMILES string of the molecule is Cc1ccc(C(=O)Nc2cccc(S(=O)(=O)N(C)C3CCCCC3)c2)o1. The molecule has 1 aromatic heterocycles. The van der Waals surface area contributed by atoms with Crippen LogP contribution in [-0.2, 0) is 10.0 Å². The first-order valence-corrected chi connectivity index (χ1v) is 10.3. The number of carbonyl (C=O) groups is 1. The highest BCUT2D eigenvalue weighted by Crippen LogP contribution is 2.27. The van der Waals surface area contributed by atoms with Gasteiger partial charge in [-0.25, -0.2) is 8.42 Å². The number of sulfonamides is 1. The lowest BCUT2D eigenvalue weighted by molar-refractivity contribution is 0.0995. The molecule has 0 atom stereocenters. The first kappa shape index (κ1) is 18.7. The Balaban J connectivity index is 1.78. The van der Waals surface area contributed by atoms with Crippen LogP contribution in [0.1, 0.15) is 48.4 Å². The highest BCUT2D eigenvalue weighted by atomic mass is 32.2. The van der Waals surface area contributed by atoms with E-state index in [1.165, 1.54) is 10.4 Å². The third-order valence-electron chi connectivity index (χ3n) is 4.82. The number of nitrogens with zero attached hydrogens (tertiary/aromatic N) is 1. The van der Waals surface area contributed by atoms with Crippen molar-refractivity contribution in [2.75, 3.05) is 12.4 Å². The average molecular weight is 376 g/mol. The quantitative estimate of drug-likeness (QED) is 0.861. The Labute approximate surface area is 154 Å². The van der Waals surface area contributed by atoms with E-state index in [0.29, 0.717) is 11.4 Å². The fourth-order valence-corrected chi connectivity index (χ4v) is 4.75. The summed E-state index contributed by atoms with van der Waals surface area (Å²) in [6.07, 6.45) is 5.07. The first-order valence-electron chi connectivity index (χ1n) is 8.84. The minimum atomic E-state index is -3.60. The Kier molecular flexibility index (Phi) is 5.48. The van der Waals surface area contributed by atoms with Gasteiger partial charge in [0.1, 0.15) is 5.76 Å². The Morgan fingerprint density at radius 1 is 1.15 bits per heavy atom. The molecule has 1 aromatic carbocycles. The number of carbonyl (C=O) groups excluding carboxylic acids is 1. The zero-order valence-electron chi connectivity index (χ0n) is 15.1. The summed E-state index contributed by atoms with van der Waals surface area (Å²) in [6, 6.07) is 9.66. The largest absolute Gasteiger partial charge is 0.456 e. The number of benzene rings is 1. The van der Waals surface area contributed by atoms with Gasteiger partial charge in [-0.15, -0.1) is 0 Å². The second kappa shape index (κ2) is 7.63. The van der Waals surface area contributed by atoms with Gasteiger partial charge in [-0.2, -0.15) is 4.31 Å². The molecule has 0 saturated heterocycles. The highest BCUT2D eigenvalue weighted by molar-refractivity contribution is 7.89. The lowest BCUT2D eigenvalue weighted by Gasteiger charge is -2.30. The second-order valence-electron chi connectivity index (χ2n) is 6.71. The van der Waals surface area contributed by atoms with E-state index in [1.54, 1.807) is 44.3 Å². The molecular weight excluding hydrogens is 352 g/mol. The van der Waals surface area contributed by atoms with Crippen molar-refractivity contribution in [1.29, 1.82) is 0 Å². The Morgan fingerprint density at radius 2 is 1.88 bits per heavy atom. The van der Waals surface area contributed by atoms with Gasteiger partial charge in [0.25, 0.3) is 5.91 Å². The van der Waals surface area contributed by atoms with Crippen molar-refractivity contribution >= 4 is 21.6 Å². The predicted octanol–water partition coefficient (Wildman–Crippen LogP) is 3.79. The van der Waals surface area contributed by atoms with Crippen LogP contribution in [0.3, 0.4) is 0 Å². The van der Waals surface area contributed by atoms with Gasteiger partial charge < -0.3 is 9.73 Å². The molecule has 26 heavy (non-hydrogen) atoms. The lowest BCUT2D eigenvalue weighted by atomic mass is 9.96. The minimum absolute atomic E-state index is 0.0399. The number of hydrogen-bond donors (Lipinski definition) is 1. The molecular formula is C19H24N2O4S. The molecule has 3 rings (SSSR count). The van der Waals surface area contributed by atoms with E-state index in [0.717, 1.165) is 32.1 Å². The number of rotatable bonds is 5. The molecule has 1 saturated carbocycles.